The summed E-state index contributed by atoms with van der Waals surface area (Å²) in [6, 6.07) is 5.79. The Hall–Kier alpha value is -2.91. The van der Waals surface area contributed by atoms with Crippen LogP contribution in [-0.4, -0.2) is 38.8 Å². The molecule has 1 aliphatic heterocycles. The van der Waals surface area contributed by atoms with E-state index < -0.39 is 17.8 Å². The number of nitrogen functional groups attached to an aromatic ring is 1. The van der Waals surface area contributed by atoms with Gasteiger partial charge in [-0.3, -0.25) is 9.20 Å². The van der Waals surface area contributed by atoms with Crippen molar-refractivity contribution in [3.8, 4) is 5.75 Å². The van der Waals surface area contributed by atoms with Gasteiger partial charge in [0, 0.05) is 23.2 Å². The lowest BCUT2D eigenvalue weighted by molar-refractivity contribution is 0.0704. The number of nitrogens with zero attached hydrogens (tertiary/aromatic N) is 4. The van der Waals surface area contributed by atoms with Crippen LogP contribution in [0.15, 0.2) is 41.3 Å². The Balaban J connectivity index is 1.58. The van der Waals surface area contributed by atoms with Gasteiger partial charge in [-0.25, -0.2) is 14.4 Å². The Morgan fingerprint density at radius 1 is 1.37 bits per heavy atom. The van der Waals surface area contributed by atoms with E-state index in [-0.39, 0.29) is 18.0 Å². The van der Waals surface area contributed by atoms with Crippen LogP contribution < -0.4 is 10.5 Å². The summed E-state index contributed by atoms with van der Waals surface area (Å²) in [5.74, 6) is -0.299. The van der Waals surface area contributed by atoms with Crippen molar-refractivity contribution in [1.82, 2.24) is 19.3 Å². The van der Waals surface area contributed by atoms with Gasteiger partial charge in [0.2, 0.25) is 0 Å². The monoisotopic (exact) mass is 489 g/mol. The predicted molar refractivity (Wildman–Crippen MR) is 114 cm³/mol. The zero-order valence-corrected chi connectivity index (χ0v) is 17.9. The Morgan fingerprint density at radius 3 is 2.97 bits per heavy atom. The van der Waals surface area contributed by atoms with E-state index in [0.717, 1.165) is 5.56 Å². The Labute approximate surface area is 183 Å². The van der Waals surface area contributed by atoms with Crippen molar-refractivity contribution in [3.63, 3.8) is 0 Å². The summed E-state index contributed by atoms with van der Waals surface area (Å²) >= 11 is 9.58. The van der Waals surface area contributed by atoms with Gasteiger partial charge in [0.15, 0.2) is 0 Å². The molecule has 2 aromatic heterocycles. The number of anilines is 1. The molecule has 7 nitrogen and oxygen atoms in total. The highest BCUT2D eigenvalue weighted by Crippen LogP contribution is 2.41. The van der Waals surface area contributed by atoms with Crippen molar-refractivity contribution in [2.75, 3.05) is 19.4 Å². The number of aromatic nitrogens is 3. The van der Waals surface area contributed by atoms with Crippen LogP contribution in [0.4, 0.5) is 10.2 Å². The van der Waals surface area contributed by atoms with Gasteiger partial charge in [0.05, 0.1) is 40.2 Å². The Bertz CT molecular complexity index is 1360. The van der Waals surface area contributed by atoms with Crippen LogP contribution in [-0.2, 0) is 0 Å². The standard InChI is InChI=1S/C20H14BrClFN5O2/c1-27(17-7-30-18-4-11(21)12(22)2-10(17)18)20(29)9-3-15-14(5-13(9)23)26-19(24)16-6-25-8-28(15)16/h2-6,8,17H,7H2,1H3,(H2,24,26). The van der Waals surface area contributed by atoms with Crippen molar-refractivity contribution in [3.05, 3.63) is 63.2 Å². The molecular formula is C20H14BrClFN5O2. The Morgan fingerprint density at radius 2 is 2.17 bits per heavy atom. The smallest absolute Gasteiger partial charge is 0.257 e. The van der Waals surface area contributed by atoms with E-state index in [9.17, 15) is 9.18 Å². The topological polar surface area (TPSA) is 85.8 Å². The zero-order chi connectivity index (χ0) is 21.2. The molecule has 5 rings (SSSR count). The maximum Gasteiger partial charge on any atom is 0.257 e. The molecule has 0 saturated heterocycles. The van der Waals surface area contributed by atoms with Crippen LogP contribution in [0.3, 0.4) is 0 Å². The normalized spacial score (nSPS) is 15.4. The van der Waals surface area contributed by atoms with Gasteiger partial charge in [-0.1, -0.05) is 11.6 Å². The lowest BCUT2D eigenvalue weighted by atomic mass is 10.1. The number of amides is 1. The van der Waals surface area contributed by atoms with Crippen molar-refractivity contribution < 1.29 is 13.9 Å². The molecule has 30 heavy (non-hydrogen) atoms. The van der Waals surface area contributed by atoms with E-state index >= 15 is 0 Å². The molecule has 0 fully saturated rings. The first-order valence-electron chi connectivity index (χ1n) is 8.95. The third-order valence-corrected chi connectivity index (χ3v) is 6.49. The van der Waals surface area contributed by atoms with E-state index in [2.05, 4.69) is 25.9 Å². The summed E-state index contributed by atoms with van der Waals surface area (Å²) in [6.07, 6.45) is 3.11. The van der Waals surface area contributed by atoms with E-state index in [1.165, 1.54) is 17.0 Å². The number of carbonyl (C=O) groups excluding carboxylic acids is 1. The van der Waals surface area contributed by atoms with Gasteiger partial charge in [-0.15, -0.1) is 0 Å². The lowest BCUT2D eigenvalue weighted by Crippen LogP contribution is -2.32. The fraction of sp³-hybridized carbons (Fsp3) is 0.150. The highest BCUT2D eigenvalue weighted by molar-refractivity contribution is 9.10. The van der Waals surface area contributed by atoms with Gasteiger partial charge >= 0.3 is 0 Å². The number of imidazole rings is 1. The predicted octanol–water partition coefficient (Wildman–Crippen LogP) is 4.23. The van der Waals surface area contributed by atoms with Gasteiger partial charge in [0.1, 0.15) is 29.5 Å². The number of likely N-dealkylation sites (N-methyl/N-ethyl adjacent to an activating group) is 1. The summed E-state index contributed by atoms with van der Waals surface area (Å²) in [7, 11) is 1.61. The van der Waals surface area contributed by atoms with E-state index in [1.807, 2.05) is 0 Å². The largest absolute Gasteiger partial charge is 0.491 e. The molecule has 0 aliphatic carbocycles. The molecule has 1 amide bonds. The maximum absolute atomic E-state index is 14.9. The average molecular weight is 491 g/mol. The minimum absolute atomic E-state index is 0.0803. The lowest BCUT2D eigenvalue weighted by Gasteiger charge is -2.24. The van der Waals surface area contributed by atoms with E-state index in [4.69, 9.17) is 22.1 Å². The summed E-state index contributed by atoms with van der Waals surface area (Å²) in [5.41, 5.74) is 8.05. The van der Waals surface area contributed by atoms with Crippen LogP contribution in [0.1, 0.15) is 22.0 Å². The number of nitrogens with two attached hydrogens (primary N) is 1. The second kappa shape index (κ2) is 6.82. The first-order chi connectivity index (χ1) is 14.3. The molecule has 0 radical (unpaired) electrons. The summed E-state index contributed by atoms with van der Waals surface area (Å²) in [5, 5.41) is 0.508. The second-order valence-corrected chi connectivity index (χ2v) is 8.28. The van der Waals surface area contributed by atoms with Gasteiger partial charge in [0.25, 0.3) is 5.91 Å². The van der Waals surface area contributed by atoms with Crippen LogP contribution in [0.25, 0.3) is 16.6 Å². The van der Waals surface area contributed by atoms with Crippen molar-refractivity contribution in [2.45, 2.75) is 6.04 Å². The third-order valence-electron chi connectivity index (χ3n) is 5.29. The van der Waals surface area contributed by atoms with Crippen LogP contribution in [0, 0.1) is 5.82 Å². The van der Waals surface area contributed by atoms with Crippen LogP contribution in [0.5, 0.6) is 5.75 Å². The molecule has 1 unspecified atom stereocenters. The first kappa shape index (κ1) is 19.1. The summed E-state index contributed by atoms with van der Waals surface area (Å²) < 4.78 is 23.0. The van der Waals surface area contributed by atoms with Crippen molar-refractivity contribution in [1.29, 1.82) is 0 Å². The van der Waals surface area contributed by atoms with E-state index in [1.54, 1.807) is 36.1 Å². The van der Waals surface area contributed by atoms with Gasteiger partial charge < -0.3 is 15.4 Å². The number of halogens is 3. The number of benzene rings is 2. The van der Waals surface area contributed by atoms with Gasteiger partial charge in [-0.05, 0) is 34.1 Å². The molecular weight excluding hydrogens is 477 g/mol. The average Bonchev–Trinajstić information content (AvgIpc) is 3.35. The number of rotatable bonds is 2. The Kier molecular flexibility index (Phi) is 4.33. The molecule has 152 valence electrons. The highest BCUT2D eigenvalue weighted by Gasteiger charge is 2.33. The molecule has 1 atom stereocenters. The minimum Gasteiger partial charge on any atom is -0.491 e. The molecule has 2 N–H and O–H groups in total. The van der Waals surface area contributed by atoms with Crippen molar-refractivity contribution in [2.24, 2.45) is 0 Å². The molecule has 0 spiro atoms. The number of hydrogen-bond donors (Lipinski definition) is 1. The minimum atomic E-state index is -0.682. The molecule has 2 aromatic carbocycles. The summed E-state index contributed by atoms with van der Waals surface area (Å²) in [4.78, 5) is 23.0. The number of ether oxygens (including phenoxy) is 1. The SMILES string of the molecule is CN(C(=O)c1cc2c(cc1F)nc(N)c1cncn12)C1COc2cc(Br)c(Cl)cc21. The van der Waals surface area contributed by atoms with E-state index in [0.29, 0.717) is 31.8 Å². The number of fused-ring (bicyclic) bond motifs is 4. The van der Waals surface area contributed by atoms with Crippen molar-refractivity contribution >= 4 is 55.8 Å². The van der Waals surface area contributed by atoms with Crippen LogP contribution >= 0.6 is 27.5 Å². The highest BCUT2D eigenvalue weighted by atomic mass is 79.9. The molecule has 10 heteroatoms. The number of hydrogen-bond acceptors (Lipinski definition) is 5. The maximum atomic E-state index is 14.9. The van der Waals surface area contributed by atoms with Gasteiger partial charge in [-0.2, -0.15) is 0 Å². The molecule has 3 heterocycles. The fourth-order valence-electron chi connectivity index (χ4n) is 3.70. The molecule has 0 saturated carbocycles. The summed E-state index contributed by atoms with van der Waals surface area (Å²) in [6.45, 7) is 0.253. The quantitative estimate of drug-likeness (QED) is 0.455. The molecule has 0 bridgehead atoms. The first-order valence-corrected chi connectivity index (χ1v) is 10.1. The fourth-order valence-corrected chi connectivity index (χ4v) is 4.20. The zero-order valence-electron chi connectivity index (χ0n) is 15.6. The third kappa shape index (κ3) is 2.80. The molecule has 4 aromatic rings. The number of carbonyl (C=O) groups is 1. The second-order valence-electron chi connectivity index (χ2n) is 7.01. The van der Waals surface area contributed by atoms with Crippen LogP contribution in [0.2, 0.25) is 5.02 Å². The molecule has 1 aliphatic rings.